The summed E-state index contributed by atoms with van der Waals surface area (Å²) in [4.78, 5) is 25.8. The minimum Gasteiger partial charge on any atom is -0.481 e. The summed E-state index contributed by atoms with van der Waals surface area (Å²) < 4.78 is 6.16. The van der Waals surface area contributed by atoms with Crippen LogP contribution < -0.4 is 0 Å². The van der Waals surface area contributed by atoms with Gasteiger partial charge in [0.1, 0.15) is 0 Å². The van der Waals surface area contributed by atoms with E-state index in [2.05, 4.69) is 15.9 Å². The van der Waals surface area contributed by atoms with Crippen molar-refractivity contribution in [2.75, 3.05) is 26.8 Å². The van der Waals surface area contributed by atoms with E-state index < -0.39 is 5.97 Å². The predicted octanol–water partition coefficient (Wildman–Crippen LogP) is 2.97. The fourth-order valence-electron chi connectivity index (χ4n) is 3.13. The Labute approximate surface area is 151 Å². The second-order valence-electron chi connectivity index (χ2n) is 6.25. The van der Waals surface area contributed by atoms with Gasteiger partial charge < -0.3 is 14.7 Å². The SMILES string of the molecule is COCC[C@H](Cc1cccc(Br)c1)C(=O)N1CCC(C(=O)O)CC1. The molecule has 1 fully saturated rings. The maximum absolute atomic E-state index is 12.9. The summed E-state index contributed by atoms with van der Waals surface area (Å²) in [5.41, 5.74) is 1.11. The number of hydrogen-bond donors (Lipinski definition) is 1. The molecule has 0 unspecified atom stereocenters. The van der Waals surface area contributed by atoms with Crippen molar-refractivity contribution in [3.8, 4) is 0 Å². The summed E-state index contributed by atoms with van der Waals surface area (Å²) in [6.07, 6.45) is 2.41. The third kappa shape index (κ3) is 5.31. The molecule has 1 saturated heterocycles. The second kappa shape index (κ2) is 9.18. The van der Waals surface area contributed by atoms with Crippen LogP contribution in [0.5, 0.6) is 0 Å². The van der Waals surface area contributed by atoms with Crippen LogP contribution in [0.4, 0.5) is 0 Å². The van der Waals surface area contributed by atoms with Gasteiger partial charge in [0, 0.05) is 37.2 Å². The fourth-order valence-corrected chi connectivity index (χ4v) is 3.57. The van der Waals surface area contributed by atoms with Gasteiger partial charge in [-0.15, -0.1) is 0 Å². The number of methoxy groups -OCH3 is 1. The van der Waals surface area contributed by atoms with Crippen LogP contribution in [0.3, 0.4) is 0 Å². The smallest absolute Gasteiger partial charge is 0.306 e. The summed E-state index contributed by atoms with van der Waals surface area (Å²) in [7, 11) is 1.64. The van der Waals surface area contributed by atoms with Crippen molar-refractivity contribution in [1.82, 2.24) is 4.90 Å². The number of piperidine rings is 1. The van der Waals surface area contributed by atoms with Crippen molar-refractivity contribution in [3.05, 3.63) is 34.3 Å². The number of carboxylic acids is 1. The van der Waals surface area contributed by atoms with Crippen molar-refractivity contribution in [1.29, 1.82) is 0 Å². The summed E-state index contributed by atoms with van der Waals surface area (Å²) in [6, 6.07) is 7.99. The molecule has 0 bridgehead atoms. The number of carbonyl (C=O) groups is 2. The van der Waals surface area contributed by atoms with E-state index in [1.165, 1.54) is 0 Å². The van der Waals surface area contributed by atoms with Crippen LogP contribution in [0.1, 0.15) is 24.8 Å². The molecule has 1 N–H and O–H groups in total. The molecule has 0 aromatic heterocycles. The van der Waals surface area contributed by atoms with Gasteiger partial charge in [-0.25, -0.2) is 0 Å². The molecule has 132 valence electrons. The predicted molar refractivity (Wildman–Crippen MR) is 94.8 cm³/mol. The van der Waals surface area contributed by atoms with Gasteiger partial charge in [-0.3, -0.25) is 9.59 Å². The topological polar surface area (TPSA) is 66.8 Å². The first kappa shape index (κ1) is 18.9. The van der Waals surface area contributed by atoms with E-state index in [0.717, 1.165) is 10.0 Å². The van der Waals surface area contributed by atoms with Crippen molar-refractivity contribution in [3.63, 3.8) is 0 Å². The average molecular weight is 398 g/mol. The maximum atomic E-state index is 12.9. The molecule has 1 heterocycles. The summed E-state index contributed by atoms with van der Waals surface area (Å²) in [6.45, 7) is 1.59. The molecular weight excluding hydrogens is 374 g/mol. The summed E-state index contributed by atoms with van der Waals surface area (Å²) in [5, 5.41) is 9.08. The van der Waals surface area contributed by atoms with Crippen molar-refractivity contribution < 1.29 is 19.4 Å². The van der Waals surface area contributed by atoms with E-state index in [1.54, 1.807) is 7.11 Å². The molecule has 24 heavy (non-hydrogen) atoms. The van der Waals surface area contributed by atoms with Crippen LogP contribution in [-0.2, 0) is 20.7 Å². The highest BCUT2D eigenvalue weighted by Gasteiger charge is 2.30. The number of nitrogens with zero attached hydrogens (tertiary/aromatic N) is 1. The van der Waals surface area contributed by atoms with Gasteiger partial charge in [0.2, 0.25) is 5.91 Å². The van der Waals surface area contributed by atoms with E-state index >= 15 is 0 Å². The number of rotatable bonds is 7. The van der Waals surface area contributed by atoms with Crippen LogP contribution in [-0.4, -0.2) is 48.7 Å². The van der Waals surface area contributed by atoms with Gasteiger partial charge >= 0.3 is 5.97 Å². The van der Waals surface area contributed by atoms with Gasteiger partial charge in [-0.05, 0) is 43.4 Å². The first-order valence-corrected chi connectivity index (χ1v) is 9.05. The van der Waals surface area contributed by atoms with Gasteiger partial charge in [-0.1, -0.05) is 28.1 Å². The molecule has 1 aromatic carbocycles. The molecule has 5 nitrogen and oxygen atoms in total. The largest absolute Gasteiger partial charge is 0.481 e. The molecule has 1 aliphatic heterocycles. The molecule has 1 atom stereocenters. The van der Waals surface area contributed by atoms with Gasteiger partial charge in [0.25, 0.3) is 0 Å². The Morgan fingerprint density at radius 1 is 1.38 bits per heavy atom. The van der Waals surface area contributed by atoms with Crippen LogP contribution in [0, 0.1) is 11.8 Å². The molecule has 6 heteroatoms. The number of ether oxygens (including phenoxy) is 1. The highest BCUT2D eigenvalue weighted by Crippen LogP contribution is 2.23. The lowest BCUT2D eigenvalue weighted by Gasteiger charge is -2.33. The van der Waals surface area contributed by atoms with Gasteiger partial charge in [-0.2, -0.15) is 0 Å². The molecular formula is C18H24BrNO4. The molecule has 2 rings (SSSR count). The molecule has 1 aliphatic rings. The number of carboxylic acid groups (broad SMARTS) is 1. The van der Waals surface area contributed by atoms with Crippen molar-refractivity contribution in [2.24, 2.45) is 11.8 Å². The molecule has 0 spiro atoms. The summed E-state index contributed by atoms with van der Waals surface area (Å²) in [5.74, 6) is -1.11. The number of halogens is 1. The van der Waals surface area contributed by atoms with E-state index in [9.17, 15) is 9.59 Å². The first-order valence-electron chi connectivity index (χ1n) is 8.26. The Morgan fingerprint density at radius 3 is 2.67 bits per heavy atom. The third-order valence-corrected chi connectivity index (χ3v) is 5.04. The number of benzene rings is 1. The van der Waals surface area contributed by atoms with Crippen LogP contribution in [0.15, 0.2) is 28.7 Å². The maximum Gasteiger partial charge on any atom is 0.306 e. The zero-order valence-corrected chi connectivity index (χ0v) is 15.5. The van der Waals surface area contributed by atoms with Crippen LogP contribution in [0.25, 0.3) is 0 Å². The lowest BCUT2D eigenvalue weighted by Crippen LogP contribution is -2.43. The minimum absolute atomic E-state index is 0.107. The highest BCUT2D eigenvalue weighted by atomic mass is 79.9. The van der Waals surface area contributed by atoms with Crippen molar-refractivity contribution in [2.45, 2.75) is 25.7 Å². The summed E-state index contributed by atoms with van der Waals surface area (Å²) >= 11 is 3.46. The Morgan fingerprint density at radius 2 is 2.08 bits per heavy atom. The lowest BCUT2D eigenvalue weighted by atomic mass is 9.92. The molecule has 1 aromatic rings. The quantitative estimate of drug-likeness (QED) is 0.767. The van der Waals surface area contributed by atoms with Crippen LogP contribution in [0.2, 0.25) is 0 Å². The number of likely N-dealkylation sites (tertiary alicyclic amines) is 1. The number of hydrogen-bond acceptors (Lipinski definition) is 3. The number of amides is 1. The third-order valence-electron chi connectivity index (χ3n) is 4.55. The second-order valence-corrected chi connectivity index (χ2v) is 7.17. The monoisotopic (exact) mass is 397 g/mol. The molecule has 0 saturated carbocycles. The Kier molecular flexibility index (Phi) is 7.24. The fraction of sp³-hybridized carbons (Fsp3) is 0.556. The van der Waals surface area contributed by atoms with E-state index in [4.69, 9.17) is 9.84 Å². The standard InChI is InChI=1S/C18H24BrNO4/c1-24-10-7-15(11-13-3-2-4-16(19)12-13)17(21)20-8-5-14(6-9-20)18(22)23/h2-4,12,14-15H,5-11H2,1H3,(H,22,23)/t15-/m1/s1. The van der Waals surface area contributed by atoms with Crippen molar-refractivity contribution >= 4 is 27.8 Å². The van der Waals surface area contributed by atoms with Gasteiger partial charge in [0.15, 0.2) is 0 Å². The Bertz CT molecular complexity index is 570. The molecule has 1 amide bonds. The van der Waals surface area contributed by atoms with E-state index in [1.807, 2.05) is 29.2 Å². The minimum atomic E-state index is -0.757. The van der Waals surface area contributed by atoms with Crippen LogP contribution >= 0.6 is 15.9 Å². The lowest BCUT2D eigenvalue weighted by molar-refractivity contribution is -0.146. The highest BCUT2D eigenvalue weighted by molar-refractivity contribution is 9.10. The average Bonchev–Trinajstić information content (AvgIpc) is 2.58. The number of carbonyl (C=O) groups excluding carboxylic acids is 1. The molecule has 0 radical (unpaired) electrons. The Balaban J connectivity index is 2.01. The van der Waals surface area contributed by atoms with Gasteiger partial charge in [0.05, 0.1) is 5.92 Å². The van der Waals surface area contributed by atoms with E-state index in [0.29, 0.717) is 45.4 Å². The number of aliphatic carboxylic acids is 1. The zero-order chi connectivity index (χ0) is 17.5. The first-order chi connectivity index (χ1) is 11.5. The van der Waals surface area contributed by atoms with E-state index in [-0.39, 0.29) is 17.7 Å². The Hall–Kier alpha value is -1.40. The zero-order valence-electron chi connectivity index (χ0n) is 13.9. The molecule has 0 aliphatic carbocycles. The normalized spacial score (nSPS) is 16.8.